The molecule has 0 bridgehead atoms. The molecule has 0 aromatic heterocycles. The predicted molar refractivity (Wildman–Crippen MR) is 69.0 cm³/mol. The second-order valence-corrected chi connectivity index (χ2v) is 5.01. The lowest BCUT2D eigenvalue weighted by Gasteiger charge is -2.27. The van der Waals surface area contributed by atoms with Gasteiger partial charge >= 0.3 is 0 Å². The normalized spacial score (nSPS) is 17.3. The van der Waals surface area contributed by atoms with Crippen LogP contribution in [0.1, 0.15) is 24.9 Å². The van der Waals surface area contributed by atoms with Gasteiger partial charge in [-0.05, 0) is 43.6 Å². The monoisotopic (exact) mass is 252 g/mol. The molecule has 1 amide bonds. The summed E-state index contributed by atoms with van der Waals surface area (Å²) in [5.41, 5.74) is 1.08. The fourth-order valence-electron chi connectivity index (χ4n) is 1.89. The van der Waals surface area contributed by atoms with Crippen LogP contribution in [-0.4, -0.2) is 19.0 Å². The lowest BCUT2D eigenvalue weighted by molar-refractivity contribution is -0.123. The number of carbonyl (C=O) groups excluding carboxylic acids is 1. The molecule has 1 saturated heterocycles. The lowest BCUT2D eigenvalue weighted by atomic mass is 9.98. The molecule has 1 aliphatic heterocycles. The SMILES string of the molecule is C[C@@H](NC(=O)CC1CNC1)c1ccc(Cl)cc1. The van der Waals surface area contributed by atoms with Crippen LogP contribution in [-0.2, 0) is 4.79 Å². The molecule has 1 aromatic carbocycles. The zero-order valence-electron chi connectivity index (χ0n) is 9.87. The zero-order valence-corrected chi connectivity index (χ0v) is 10.6. The Morgan fingerprint density at radius 1 is 1.47 bits per heavy atom. The number of carbonyl (C=O) groups is 1. The first-order valence-electron chi connectivity index (χ1n) is 5.90. The van der Waals surface area contributed by atoms with Crippen molar-refractivity contribution >= 4 is 17.5 Å². The van der Waals surface area contributed by atoms with Gasteiger partial charge < -0.3 is 10.6 Å². The second-order valence-electron chi connectivity index (χ2n) is 4.57. The molecule has 0 spiro atoms. The second kappa shape index (κ2) is 5.52. The van der Waals surface area contributed by atoms with Crippen LogP contribution < -0.4 is 10.6 Å². The molecule has 0 saturated carbocycles. The Morgan fingerprint density at radius 3 is 2.65 bits per heavy atom. The summed E-state index contributed by atoms with van der Waals surface area (Å²) >= 11 is 5.82. The fourth-order valence-corrected chi connectivity index (χ4v) is 2.02. The third-order valence-corrected chi connectivity index (χ3v) is 3.34. The van der Waals surface area contributed by atoms with Crippen molar-refractivity contribution in [1.29, 1.82) is 0 Å². The maximum atomic E-state index is 11.7. The van der Waals surface area contributed by atoms with Gasteiger partial charge in [0.05, 0.1) is 6.04 Å². The van der Waals surface area contributed by atoms with Crippen molar-refractivity contribution in [2.24, 2.45) is 5.92 Å². The van der Waals surface area contributed by atoms with Gasteiger partial charge in [-0.1, -0.05) is 23.7 Å². The molecule has 0 unspecified atom stereocenters. The molecular weight excluding hydrogens is 236 g/mol. The third-order valence-electron chi connectivity index (χ3n) is 3.09. The zero-order chi connectivity index (χ0) is 12.3. The molecule has 4 heteroatoms. The molecule has 0 radical (unpaired) electrons. The Bertz CT molecular complexity index is 387. The van der Waals surface area contributed by atoms with Crippen LogP contribution in [0.15, 0.2) is 24.3 Å². The number of benzene rings is 1. The van der Waals surface area contributed by atoms with Gasteiger partial charge in [0.2, 0.25) is 5.91 Å². The molecule has 17 heavy (non-hydrogen) atoms. The van der Waals surface area contributed by atoms with E-state index in [1.165, 1.54) is 0 Å². The van der Waals surface area contributed by atoms with Crippen LogP contribution in [0.4, 0.5) is 0 Å². The fraction of sp³-hybridized carbons (Fsp3) is 0.462. The lowest BCUT2D eigenvalue weighted by Crippen LogP contribution is -2.44. The molecule has 3 nitrogen and oxygen atoms in total. The van der Waals surface area contributed by atoms with Crippen LogP contribution in [0.3, 0.4) is 0 Å². The Balaban J connectivity index is 1.84. The number of hydrogen-bond acceptors (Lipinski definition) is 2. The Morgan fingerprint density at radius 2 is 2.12 bits per heavy atom. The van der Waals surface area contributed by atoms with Crippen molar-refractivity contribution in [2.45, 2.75) is 19.4 Å². The molecule has 1 aromatic rings. The topological polar surface area (TPSA) is 41.1 Å². The largest absolute Gasteiger partial charge is 0.350 e. The van der Waals surface area contributed by atoms with E-state index in [1.54, 1.807) is 0 Å². The number of amides is 1. The minimum Gasteiger partial charge on any atom is -0.350 e. The molecule has 1 fully saturated rings. The van der Waals surface area contributed by atoms with Gasteiger partial charge in [0, 0.05) is 11.4 Å². The van der Waals surface area contributed by atoms with Gasteiger partial charge in [-0.25, -0.2) is 0 Å². The molecule has 1 heterocycles. The molecular formula is C13H17ClN2O. The van der Waals surface area contributed by atoms with Crippen molar-refractivity contribution in [3.8, 4) is 0 Å². The van der Waals surface area contributed by atoms with E-state index in [4.69, 9.17) is 11.6 Å². The molecule has 2 N–H and O–H groups in total. The van der Waals surface area contributed by atoms with Crippen LogP contribution in [0.2, 0.25) is 5.02 Å². The van der Waals surface area contributed by atoms with Crippen LogP contribution in [0.25, 0.3) is 0 Å². The average molecular weight is 253 g/mol. The highest BCUT2D eigenvalue weighted by molar-refractivity contribution is 6.30. The quantitative estimate of drug-likeness (QED) is 0.862. The van der Waals surface area contributed by atoms with Crippen LogP contribution >= 0.6 is 11.6 Å². The summed E-state index contributed by atoms with van der Waals surface area (Å²) in [7, 11) is 0. The van der Waals surface area contributed by atoms with Crippen molar-refractivity contribution in [1.82, 2.24) is 10.6 Å². The smallest absolute Gasteiger partial charge is 0.220 e. The number of halogens is 1. The summed E-state index contributed by atoms with van der Waals surface area (Å²) in [4.78, 5) is 11.7. The highest BCUT2D eigenvalue weighted by Gasteiger charge is 2.20. The maximum Gasteiger partial charge on any atom is 0.220 e. The first kappa shape index (κ1) is 12.4. The van der Waals surface area contributed by atoms with E-state index in [1.807, 2.05) is 31.2 Å². The van der Waals surface area contributed by atoms with Crippen molar-refractivity contribution in [3.05, 3.63) is 34.9 Å². The van der Waals surface area contributed by atoms with Gasteiger partial charge in [0.25, 0.3) is 0 Å². The first-order valence-corrected chi connectivity index (χ1v) is 6.28. The van der Waals surface area contributed by atoms with Crippen molar-refractivity contribution in [3.63, 3.8) is 0 Å². The number of rotatable bonds is 4. The highest BCUT2D eigenvalue weighted by atomic mass is 35.5. The van der Waals surface area contributed by atoms with E-state index in [0.717, 1.165) is 18.7 Å². The summed E-state index contributed by atoms with van der Waals surface area (Å²) in [6, 6.07) is 7.61. The molecule has 1 atom stereocenters. The van der Waals surface area contributed by atoms with Crippen LogP contribution in [0.5, 0.6) is 0 Å². The summed E-state index contributed by atoms with van der Waals surface area (Å²) in [6.07, 6.45) is 0.616. The number of nitrogens with one attached hydrogen (secondary N) is 2. The van der Waals surface area contributed by atoms with Crippen LogP contribution in [0, 0.1) is 5.92 Å². The van der Waals surface area contributed by atoms with Gasteiger partial charge in [0.1, 0.15) is 0 Å². The van der Waals surface area contributed by atoms with Gasteiger partial charge in [-0.2, -0.15) is 0 Å². The number of hydrogen-bond donors (Lipinski definition) is 2. The summed E-state index contributed by atoms with van der Waals surface area (Å²) < 4.78 is 0. The van der Waals surface area contributed by atoms with E-state index in [2.05, 4.69) is 10.6 Å². The van der Waals surface area contributed by atoms with E-state index in [-0.39, 0.29) is 11.9 Å². The minimum atomic E-state index is 0.0350. The van der Waals surface area contributed by atoms with Crippen molar-refractivity contribution in [2.75, 3.05) is 13.1 Å². The van der Waals surface area contributed by atoms with Gasteiger partial charge in [-0.3, -0.25) is 4.79 Å². The molecule has 92 valence electrons. The van der Waals surface area contributed by atoms with E-state index < -0.39 is 0 Å². The summed E-state index contributed by atoms with van der Waals surface area (Å²) in [5, 5.41) is 6.88. The van der Waals surface area contributed by atoms with E-state index in [9.17, 15) is 4.79 Å². The highest BCUT2D eigenvalue weighted by Crippen LogP contribution is 2.17. The molecule has 1 aliphatic rings. The summed E-state index contributed by atoms with van der Waals surface area (Å²) in [5.74, 6) is 0.631. The summed E-state index contributed by atoms with van der Waals surface area (Å²) in [6.45, 7) is 3.91. The van der Waals surface area contributed by atoms with Gasteiger partial charge in [0.15, 0.2) is 0 Å². The third kappa shape index (κ3) is 3.45. The molecule has 2 rings (SSSR count). The standard InChI is InChI=1S/C13H17ClN2O/c1-9(11-2-4-12(14)5-3-11)16-13(17)6-10-7-15-8-10/h2-5,9-10,15H,6-8H2,1H3,(H,16,17)/t9-/m1/s1. The Kier molecular flexibility index (Phi) is 4.02. The Hall–Kier alpha value is -1.06. The Labute approximate surface area is 107 Å². The van der Waals surface area contributed by atoms with E-state index in [0.29, 0.717) is 17.4 Å². The molecule has 0 aliphatic carbocycles. The first-order chi connectivity index (χ1) is 8.15. The average Bonchev–Trinajstić information content (AvgIpc) is 2.24. The van der Waals surface area contributed by atoms with Crippen molar-refractivity contribution < 1.29 is 4.79 Å². The maximum absolute atomic E-state index is 11.7. The minimum absolute atomic E-state index is 0.0350. The van der Waals surface area contributed by atoms with E-state index >= 15 is 0 Å². The predicted octanol–water partition coefficient (Wildman–Crippen LogP) is 2.13. The van der Waals surface area contributed by atoms with Gasteiger partial charge in [-0.15, -0.1) is 0 Å².